The summed E-state index contributed by atoms with van der Waals surface area (Å²) in [7, 11) is 0. The number of carbonyl (C=O) groups is 2. The van der Waals surface area contributed by atoms with Crippen LogP contribution in [-0.2, 0) is 9.59 Å². The van der Waals surface area contributed by atoms with Gasteiger partial charge in [0.1, 0.15) is 13.1 Å². The minimum atomic E-state index is -0.747. The van der Waals surface area contributed by atoms with Crippen LogP contribution in [0.15, 0.2) is 0 Å². The van der Waals surface area contributed by atoms with Crippen molar-refractivity contribution in [2.24, 2.45) is 0 Å². The Hall–Kier alpha value is -1.46. The molecule has 0 radical (unpaired) electrons. The fraction of sp³-hybridized carbons (Fsp3) is 0.667. The summed E-state index contributed by atoms with van der Waals surface area (Å²) in [5, 5.41) is 10.0. The molecule has 6 heteroatoms. The van der Waals surface area contributed by atoms with E-state index in [9.17, 15) is 19.7 Å². The zero-order valence-corrected chi connectivity index (χ0v) is 6.94. The third-order valence-corrected chi connectivity index (χ3v) is 1.04. The lowest BCUT2D eigenvalue weighted by molar-refractivity contribution is -0.650. The number of Topliss-reactive ketones (excluding diaryl/α,β-unsaturated/α-hetero) is 2. The van der Waals surface area contributed by atoms with Gasteiger partial charge in [-0.3, -0.25) is 9.59 Å². The summed E-state index contributed by atoms with van der Waals surface area (Å²) in [6.45, 7) is 1.81. The van der Waals surface area contributed by atoms with E-state index in [2.05, 4.69) is 0 Å². The zero-order chi connectivity index (χ0) is 9.72. The Morgan fingerprint density at radius 2 is 1.58 bits per heavy atom. The van der Waals surface area contributed by atoms with Crippen molar-refractivity contribution in [1.29, 1.82) is 0 Å². The summed E-state index contributed by atoms with van der Waals surface area (Å²) in [4.78, 5) is 31.2. The third kappa shape index (κ3) is 4.37. The second-order valence-electron chi connectivity index (χ2n) is 2.46. The van der Waals surface area contributed by atoms with Gasteiger partial charge < -0.3 is 0 Å². The van der Waals surface area contributed by atoms with Gasteiger partial charge in [-0.2, -0.15) is 0 Å². The Kier molecular flexibility index (Phi) is 3.89. The number of nitrogens with zero attached hydrogens (tertiary/aromatic N) is 2. The zero-order valence-electron chi connectivity index (χ0n) is 6.94. The van der Waals surface area contributed by atoms with Crippen LogP contribution in [0.25, 0.3) is 0 Å². The summed E-state index contributed by atoms with van der Waals surface area (Å²) in [5.74, 6) is -0.680. The molecule has 0 fully saturated rings. The van der Waals surface area contributed by atoms with E-state index in [0.717, 1.165) is 0 Å². The van der Waals surface area contributed by atoms with Crippen LogP contribution in [0.4, 0.5) is 0 Å². The van der Waals surface area contributed by atoms with Gasteiger partial charge in [-0.05, 0) is 13.8 Å². The van der Waals surface area contributed by atoms with Crippen molar-refractivity contribution < 1.29 is 14.6 Å². The molecule has 12 heavy (non-hydrogen) atoms. The normalized spacial score (nSPS) is 9.17. The van der Waals surface area contributed by atoms with Gasteiger partial charge in [-0.1, -0.05) is 0 Å². The molecule has 0 aromatic heterocycles. The average Bonchev–Trinajstić information content (AvgIpc) is 1.83. The Bertz CT molecular complexity index is 198. The van der Waals surface area contributed by atoms with Crippen molar-refractivity contribution in [3.05, 3.63) is 10.1 Å². The molecule has 0 N–H and O–H groups in total. The topological polar surface area (TPSA) is 80.5 Å². The SMILES string of the molecule is CC(=O)CN(CC(C)=O)[N+](=O)[O-]. The predicted molar refractivity (Wildman–Crippen MR) is 39.9 cm³/mol. The lowest BCUT2D eigenvalue weighted by atomic mass is 10.4. The highest BCUT2D eigenvalue weighted by molar-refractivity contribution is 5.80. The number of ketones is 2. The van der Waals surface area contributed by atoms with E-state index < -0.39 is 5.03 Å². The van der Waals surface area contributed by atoms with Crippen molar-refractivity contribution in [2.45, 2.75) is 13.8 Å². The molecule has 0 spiro atoms. The quantitative estimate of drug-likeness (QED) is 0.420. The molecule has 0 amide bonds. The number of nitro groups is 1. The number of hydrazine groups is 1. The van der Waals surface area contributed by atoms with Gasteiger partial charge in [-0.15, -0.1) is 5.01 Å². The molecule has 0 atom stereocenters. The molecule has 6 nitrogen and oxygen atoms in total. The van der Waals surface area contributed by atoms with Crippen LogP contribution in [0.2, 0.25) is 0 Å². The maximum absolute atomic E-state index is 10.5. The van der Waals surface area contributed by atoms with Crippen LogP contribution >= 0.6 is 0 Å². The minimum absolute atomic E-state index is 0.327. The van der Waals surface area contributed by atoms with Crippen LogP contribution in [-0.4, -0.2) is 34.7 Å². The van der Waals surface area contributed by atoms with Gasteiger partial charge in [0.2, 0.25) is 0 Å². The van der Waals surface area contributed by atoms with Crippen molar-refractivity contribution in [1.82, 2.24) is 5.01 Å². The van der Waals surface area contributed by atoms with Crippen molar-refractivity contribution >= 4 is 11.6 Å². The highest BCUT2D eigenvalue weighted by Gasteiger charge is 2.17. The van der Waals surface area contributed by atoms with Crippen molar-refractivity contribution in [3.63, 3.8) is 0 Å². The van der Waals surface area contributed by atoms with E-state index in [1.54, 1.807) is 0 Å². The van der Waals surface area contributed by atoms with Crippen LogP contribution in [0.5, 0.6) is 0 Å². The molecule has 0 bridgehead atoms. The number of rotatable bonds is 5. The third-order valence-electron chi connectivity index (χ3n) is 1.04. The van der Waals surface area contributed by atoms with E-state index in [-0.39, 0.29) is 24.7 Å². The maximum atomic E-state index is 10.5. The lowest BCUT2D eigenvalue weighted by Gasteiger charge is -2.09. The van der Waals surface area contributed by atoms with Crippen LogP contribution in [0.1, 0.15) is 13.8 Å². The highest BCUT2D eigenvalue weighted by atomic mass is 16.7. The fourth-order valence-corrected chi connectivity index (χ4v) is 0.685. The summed E-state index contributed by atoms with van der Waals surface area (Å²) in [5.41, 5.74) is 0. The Balaban J connectivity index is 4.14. The molecule has 0 aliphatic heterocycles. The molecular formula is C6H10N2O4. The van der Waals surface area contributed by atoms with Crippen molar-refractivity contribution in [3.8, 4) is 0 Å². The Morgan fingerprint density at radius 3 is 1.75 bits per heavy atom. The summed E-state index contributed by atoms with van der Waals surface area (Å²) in [6.07, 6.45) is 0. The second kappa shape index (κ2) is 4.42. The second-order valence-corrected chi connectivity index (χ2v) is 2.46. The van der Waals surface area contributed by atoms with Crippen LogP contribution < -0.4 is 0 Å². The minimum Gasteiger partial charge on any atom is -0.298 e. The summed E-state index contributed by atoms with van der Waals surface area (Å²) < 4.78 is 0. The highest BCUT2D eigenvalue weighted by Crippen LogP contribution is 1.89. The molecule has 0 aromatic rings. The average molecular weight is 174 g/mol. The van der Waals surface area contributed by atoms with Crippen LogP contribution in [0.3, 0.4) is 0 Å². The lowest BCUT2D eigenvalue weighted by Crippen LogP contribution is -2.37. The summed E-state index contributed by atoms with van der Waals surface area (Å²) >= 11 is 0. The largest absolute Gasteiger partial charge is 0.298 e. The number of hydrogen-bond acceptors (Lipinski definition) is 4. The Labute approximate surface area is 69.3 Å². The molecule has 0 heterocycles. The van der Waals surface area contributed by atoms with Gasteiger partial charge in [0.05, 0.1) is 0 Å². The molecular weight excluding hydrogens is 164 g/mol. The van der Waals surface area contributed by atoms with E-state index in [0.29, 0.717) is 5.01 Å². The molecule has 68 valence electrons. The monoisotopic (exact) mass is 174 g/mol. The summed E-state index contributed by atoms with van der Waals surface area (Å²) in [6, 6.07) is 0. The van der Waals surface area contributed by atoms with E-state index >= 15 is 0 Å². The van der Waals surface area contributed by atoms with Gasteiger partial charge >= 0.3 is 0 Å². The molecule has 0 aliphatic carbocycles. The van der Waals surface area contributed by atoms with Crippen LogP contribution in [0, 0.1) is 10.1 Å². The standard InChI is InChI=1S/C6H10N2O4/c1-5(9)3-7(8(11)12)4-6(2)10/h3-4H2,1-2H3. The number of carbonyl (C=O) groups excluding carboxylic acids is 2. The van der Waals surface area contributed by atoms with Gasteiger partial charge in [0, 0.05) is 0 Å². The molecule has 0 rings (SSSR count). The fourth-order valence-electron chi connectivity index (χ4n) is 0.685. The van der Waals surface area contributed by atoms with Crippen molar-refractivity contribution in [2.75, 3.05) is 13.1 Å². The van der Waals surface area contributed by atoms with E-state index in [1.807, 2.05) is 0 Å². The molecule has 0 unspecified atom stereocenters. The molecule has 0 saturated heterocycles. The maximum Gasteiger partial charge on any atom is 0.160 e. The first kappa shape index (κ1) is 10.5. The van der Waals surface area contributed by atoms with Gasteiger partial charge in [-0.25, -0.2) is 10.1 Å². The molecule has 0 aromatic carbocycles. The first-order valence-corrected chi connectivity index (χ1v) is 3.31. The molecule has 0 aliphatic rings. The van der Waals surface area contributed by atoms with Gasteiger partial charge in [0.15, 0.2) is 16.6 Å². The predicted octanol–water partition coefficient (Wildman–Crippen LogP) is -0.342. The number of hydrogen-bond donors (Lipinski definition) is 0. The Morgan fingerprint density at radius 1 is 1.25 bits per heavy atom. The van der Waals surface area contributed by atoms with E-state index in [1.165, 1.54) is 13.8 Å². The first-order valence-electron chi connectivity index (χ1n) is 3.31. The van der Waals surface area contributed by atoms with E-state index in [4.69, 9.17) is 0 Å². The van der Waals surface area contributed by atoms with Gasteiger partial charge in [0.25, 0.3) is 0 Å². The molecule has 0 saturated carbocycles. The first-order chi connectivity index (χ1) is 5.43. The smallest absolute Gasteiger partial charge is 0.160 e.